The first-order valence-electron chi connectivity index (χ1n) is 9.89. The molecule has 0 heterocycles. The highest BCUT2D eigenvalue weighted by Gasteiger charge is 2.53. The summed E-state index contributed by atoms with van der Waals surface area (Å²) in [6, 6.07) is 8.02. The normalized spacial score (nSPS) is 32.6. The third kappa shape index (κ3) is 3.69. The minimum absolute atomic E-state index is 0.172. The highest BCUT2D eigenvalue weighted by molar-refractivity contribution is 5.76. The average molecular weight is 343 g/mol. The molecule has 0 radical (unpaired) electrons. The standard InChI is InChI=1S/C21H30N2O2/c1-25-19-5-3-2-4-18(19)6-7-22-20(24)14-23-21-11-15-8-16(12-21)10-17(9-15)13-21/h2-5,15-17,23H,6-14H2,1H3,(H,22,24)/p+1. The third-order valence-electron chi connectivity index (χ3n) is 6.72. The summed E-state index contributed by atoms with van der Waals surface area (Å²) in [5.74, 6) is 3.89. The molecule has 5 rings (SSSR count). The molecule has 0 spiro atoms. The van der Waals surface area contributed by atoms with Gasteiger partial charge in [-0.25, -0.2) is 0 Å². The number of amides is 1. The van der Waals surface area contributed by atoms with Gasteiger partial charge in [0.2, 0.25) is 0 Å². The fraction of sp³-hybridized carbons (Fsp3) is 0.667. The predicted molar refractivity (Wildman–Crippen MR) is 97.4 cm³/mol. The average Bonchev–Trinajstić information content (AvgIpc) is 2.59. The van der Waals surface area contributed by atoms with Crippen LogP contribution in [0.1, 0.15) is 44.1 Å². The van der Waals surface area contributed by atoms with E-state index in [0.29, 0.717) is 18.6 Å². The van der Waals surface area contributed by atoms with Gasteiger partial charge in [-0.2, -0.15) is 0 Å². The molecular weight excluding hydrogens is 312 g/mol. The quantitative estimate of drug-likeness (QED) is 0.794. The molecule has 4 bridgehead atoms. The summed E-state index contributed by atoms with van der Waals surface area (Å²) in [6.07, 6.45) is 9.20. The second-order valence-electron chi connectivity index (χ2n) is 8.60. The zero-order chi connectivity index (χ0) is 17.3. The Bertz CT molecular complexity index is 593. The fourth-order valence-corrected chi connectivity index (χ4v) is 6.06. The molecule has 3 N–H and O–H groups in total. The van der Waals surface area contributed by atoms with E-state index in [2.05, 4.69) is 16.7 Å². The maximum Gasteiger partial charge on any atom is 0.275 e. The molecule has 0 atom stereocenters. The number of nitrogens with one attached hydrogen (secondary N) is 1. The lowest BCUT2D eigenvalue weighted by atomic mass is 9.53. The van der Waals surface area contributed by atoms with Gasteiger partial charge in [0.1, 0.15) is 5.75 Å². The zero-order valence-corrected chi connectivity index (χ0v) is 15.3. The largest absolute Gasteiger partial charge is 0.496 e. The van der Waals surface area contributed by atoms with Crippen LogP contribution in [-0.4, -0.2) is 31.6 Å². The van der Waals surface area contributed by atoms with Crippen LogP contribution in [0.4, 0.5) is 0 Å². The van der Waals surface area contributed by atoms with Crippen molar-refractivity contribution in [3.8, 4) is 5.75 Å². The van der Waals surface area contributed by atoms with Crippen molar-refractivity contribution in [3.05, 3.63) is 29.8 Å². The summed E-state index contributed by atoms with van der Waals surface area (Å²) in [4.78, 5) is 12.3. The van der Waals surface area contributed by atoms with Crippen LogP contribution in [-0.2, 0) is 11.2 Å². The van der Waals surface area contributed by atoms with Crippen molar-refractivity contribution in [1.82, 2.24) is 5.32 Å². The van der Waals surface area contributed by atoms with Crippen LogP contribution in [0.25, 0.3) is 0 Å². The van der Waals surface area contributed by atoms with Gasteiger partial charge >= 0.3 is 0 Å². The number of carbonyl (C=O) groups is 1. The summed E-state index contributed by atoms with van der Waals surface area (Å²) in [7, 11) is 1.69. The van der Waals surface area contributed by atoms with Crippen LogP contribution in [0.15, 0.2) is 24.3 Å². The summed E-state index contributed by atoms with van der Waals surface area (Å²) in [5.41, 5.74) is 1.53. The Morgan fingerprint density at radius 3 is 2.44 bits per heavy atom. The molecule has 4 aliphatic carbocycles. The molecule has 4 fully saturated rings. The van der Waals surface area contributed by atoms with Crippen molar-refractivity contribution in [2.75, 3.05) is 20.2 Å². The number of methoxy groups -OCH3 is 1. The maximum atomic E-state index is 12.3. The van der Waals surface area contributed by atoms with Crippen LogP contribution >= 0.6 is 0 Å². The van der Waals surface area contributed by atoms with Gasteiger partial charge in [0.05, 0.1) is 12.6 Å². The first kappa shape index (κ1) is 16.9. The fourth-order valence-electron chi connectivity index (χ4n) is 6.06. The Kier molecular flexibility index (Phi) is 4.72. The highest BCUT2D eigenvalue weighted by Crippen LogP contribution is 2.54. The van der Waals surface area contributed by atoms with E-state index in [0.717, 1.165) is 35.5 Å². The Morgan fingerprint density at radius 2 is 1.80 bits per heavy atom. The summed E-state index contributed by atoms with van der Waals surface area (Å²) < 4.78 is 5.37. The van der Waals surface area contributed by atoms with Gasteiger partial charge < -0.3 is 15.4 Å². The zero-order valence-electron chi connectivity index (χ0n) is 15.3. The number of rotatable bonds is 7. The molecule has 4 aliphatic rings. The van der Waals surface area contributed by atoms with Crippen molar-refractivity contribution >= 4 is 5.91 Å². The van der Waals surface area contributed by atoms with E-state index in [4.69, 9.17) is 4.74 Å². The van der Waals surface area contributed by atoms with Gasteiger partial charge in [-0.05, 0) is 55.1 Å². The van der Waals surface area contributed by atoms with E-state index >= 15 is 0 Å². The molecule has 0 aromatic heterocycles. The smallest absolute Gasteiger partial charge is 0.275 e. The Labute approximate surface area is 150 Å². The van der Waals surface area contributed by atoms with Crippen LogP contribution in [0.5, 0.6) is 5.75 Å². The second-order valence-corrected chi connectivity index (χ2v) is 8.60. The van der Waals surface area contributed by atoms with Crippen LogP contribution in [0.2, 0.25) is 0 Å². The van der Waals surface area contributed by atoms with Gasteiger partial charge in [0, 0.05) is 25.8 Å². The minimum Gasteiger partial charge on any atom is -0.496 e. The lowest BCUT2D eigenvalue weighted by molar-refractivity contribution is -0.730. The predicted octanol–water partition coefficient (Wildman–Crippen LogP) is 1.89. The molecule has 0 aliphatic heterocycles. The molecule has 1 amide bonds. The molecule has 25 heavy (non-hydrogen) atoms. The van der Waals surface area contributed by atoms with Crippen molar-refractivity contribution in [2.24, 2.45) is 17.8 Å². The van der Waals surface area contributed by atoms with E-state index in [1.807, 2.05) is 18.2 Å². The molecule has 1 aromatic rings. The summed E-state index contributed by atoms with van der Waals surface area (Å²) in [5, 5.41) is 5.47. The minimum atomic E-state index is 0.172. The first-order valence-corrected chi connectivity index (χ1v) is 9.89. The molecule has 4 nitrogen and oxygen atoms in total. The van der Waals surface area contributed by atoms with Crippen molar-refractivity contribution in [2.45, 2.75) is 50.5 Å². The number of hydrogen-bond donors (Lipinski definition) is 2. The number of nitrogens with two attached hydrogens (primary N) is 1. The number of carbonyl (C=O) groups excluding carboxylic acids is 1. The highest BCUT2D eigenvalue weighted by atomic mass is 16.5. The number of benzene rings is 1. The van der Waals surface area contributed by atoms with E-state index in [1.165, 1.54) is 38.5 Å². The van der Waals surface area contributed by atoms with Gasteiger partial charge in [-0.3, -0.25) is 4.79 Å². The van der Waals surface area contributed by atoms with E-state index in [-0.39, 0.29) is 5.91 Å². The SMILES string of the molecule is COc1ccccc1CCNC(=O)C[NH2+]C12CC3CC(CC(C3)C1)C2. The monoisotopic (exact) mass is 343 g/mol. The van der Waals surface area contributed by atoms with Crippen molar-refractivity contribution in [3.63, 3.8) is 0 Å². The van der Waals surface area contributed by atoms with Crippen LogP contribution < -0.4 is 15.4 Å². The van der Waals surface area contributed by atoms with E-state index < -0.39 is 0 Å². The number of ether oxygens (including phenoxy) is 1. The molecule has 4 saturated carbocycles. The Morgan fingerprint density at radius 1 is 1.16 bits per heavy atom. The summed E-state index contributed by atoms with van der Waals surface area (Å²) >= 11 is 0. The van der Waals surface area contributed by atoms with Crippen LogP contribution in [0.3, 0.4) is 0 Å². The van der Waals surface area contributed by atoms with Crippen molar-refractivity contribution < 1.29 is 14.8 Å². The number of para-hydroxylation sites is 1. The topological polar surface area (TPSA) is 54.9 Å². The molecule has 0 saturated heterocycles. The second kappa shape index (κ2) is 6.99. The maximum absolute atomic E-state index is 12.3. The van der Waals surface area contributed by atoms with E-state index in [1.54, 1.807) is 7.11 Å². The molecule has 1 aromatic carbocycles. The van der Waals surface area contributed by atoms with E-state index in [9.17, 15) is 4.79 Å². The number of hydrogen-bond acceptors (Lipinski definition) is 2. The van der Waals surface area contributed by atoms with Gasteiger partial charge in [0.15, 0.2) is 6.54 Å². The Hall–Kier alpha value is -1.55. The molecule has 0 unspecified atom stereocenters. The number of quaternary nitrogens is 1. The van der Waals surface area contributed by atoms with Gasteiger partial charge in [0.25, 0.3) is 5.91 Å². The molecule has 136 valence electrons. The third-order valence-corrected chi connectivity index (χ3v) is 6.72. The van der Waals surface area contributed by atoms with Gasteiger partial charge in [-0.15, -0.1) is 0 Å². The lowest BCUT2D eigenvalue weighted by Gasteiger charge is -2.54. The molecular formula is C21H31N2O2+. The van der Waals surface area contributed by atoms with Crippen LogP contribution in [0, 0.1) is 17.8 Å². The molecule has 4 heteroatoms. The summed E-state index contributed by atoms with van der Waals surface area (Å²) in [6.45, 7) is 1.26. The first-order chi connectivity index (χ1) is 12.2. The lowest BCUT2D eigenvalue weighted by Crippen LogP contribution is -3.00. The Balaban J connectivity index is 1.23. The van der Waals surface area contributed by atoms with Gasteiger partial charge in [-0.1, -0.05) is 18.2 Å². The van der Waals surface area contributed by atoms with Crippen molar-refractivity contribution in [1.29, 1.82) is 0 Å².